The van der Waals surface area contributed by atoms with Gasteiger partial charge in [-0.1, -0.05) is 23.2 Å². The number of hydrogen-bond acceptors (Lipinski definition) is 6. The second-order valence-electron chi connectivity index (χ2n) is 3.09. The lowest BCUT2D eigenvalue weighted by Crippen LogP contribution is -1.99. The van der Waals surface area contributed by atoms with E-state index < -0.39 is 31.3 Å². The number of nitrogens with zero attached hydrogens (tertiary/aromatic N) is 4. The van der Waals surface area contributed by atoms with E-state index in [1.807, 2.05) is 0 Å². The van der Waals surface area contributed by atoms with Crippen LogP contribution in [0.5, 0.6) is 0 Å². The predicted molar refractivity (Wildman–Crippen MR) is 62.9 cm³/mol. The third kappa shape index (κ3) is 1.71. The van der Waals surface area contributed by atoms with E-state index in [1.54, 1.807) is 0 Å². The monoisotopic (exact) mass is 288 g/mol. The van der Waals surface area contributed by atoms with E-state index >= 15 is 0 Å². The van der Waals surface area contributed by atoms with Crippen LogP contribution in [-0.4, -0.2) is 19.8 Å². The Kier molecular flexibility index (Phi) is 2.97. The number of halogens is 2. The average molecular weight is 289 g/mol. The zero-order chi connectivity index (χ0) is 13.4. The molecule has 0 amide bonds. The fraction of sp³-hybridized carbons (Fsp3) is 0. The molecule has 0 saturated carbocycles. The maximum atomic E-state index is 10.9. The molecular weight excluding hydrogens is 287 g/mol. The molecule has 18 heavy (non-hydrogen) atoms. The lowest BCUT2D eigenvalue weighted by atomic mass is 10.2. The van der Waals surface area contributed by atoms with E-state index in [1.165, 1.54) is 12.4 Å². The number of hydrogen-bond donors (Lipinski definition) is 0. The van der Waals surface area contributed by atoms with Gasteiger partial charge in [0.15, 0.2) is 11.0 Å². The molecule has 92 valence electrons. The number of nitro benzene ring substituents is 2. The van der Waals surface area contributed by atoms with Crippen molar-refractivity contribution in [3.8, 4) is 0 Å². The summed E-state index contributed by atoms with van der Waals surface area (Å²) >= 11 is 11.3. The first-order chi connectivity index (χ1) is 8.45. The molecule has 0 radical (unpaired) electrons. The first-order valence-electron chi connectivity index (χ1n) is 4.35. The molecule has 1 heterocycles. The van der Waals surface area contributed by atoms with Crippen LogP contribution >= 0.6 is 23.2 Å². The highest BCUT2D eigenvalue weighted by Gasteiger charge is 2.32. The van der Waals surface area contributed by atoms with E-state index in [9.17, 15) is 20.2 Å². The van der Waals surface area contributed by atoms with Crippen molar-refractivity contribution in [2.75, 3.05) is 0 Å². The van der Waals surface area contributed by atoms with Gasteiger partial charge in [0.05, 0.1) is 9.85 Å². The molecule has 2 rings (SSSR count). The van der Waals surface area contributed by atoms with E-state index in [-0.39, 0.29) is 11.0 Å². The van der Waals surface area contributed by atoms with Crippen LogP contribution in [-0.2, 0) is 0 Å². The summed E-state index contributed by atoms with van der Waals surface area (Å²) in [5.41, 5.74) is -1.75. The Morgan fingerprint density at radius 3 is 1.50 bits per heavy atom. The molecule has 0 aliphatic carbocycles. The van der Waals surface area contributed by atoms with E-state index in [4.69, 9.17) is 23.2 Å². The second kappa shape index (κ2) is 4.31. The molecule has 0 fully saturated rings. The summed E-state index contributed by atoms with van der Waals surface area (Å²) in [7, 11) is 0. The lowest BCUT2D eigenvalue weighted by Gasteiger charge is -2.03. The van der Waals surface area contributed by atoms with Crippen LogP contribution in [0.1, 0.15) is 0 Å². The van der Waals surface area contributed by atoms with Crippen LogP contribution in [0.2, 0.25) is 10.0 Å². The minimum atomic E-state index is -0.811. The van der Waals surface area contributed by atoms with Crippen molar-refractivity contribution in [1.82, 2.24) is 9.97 Å². The molecule has 2 aromatic rings. The van der Waals surface area contributed by atoms with Crippen LogP contribution in [0.4, 0.5) is 11.4 Å². The number of aromatic nitrogens is 2. The van der Waals surface area contributed by atoms with Gasteiger partial charge >= 0.3 is 11.4 Å². The van der Waals surface area contributed by atoms with E-state index in [0.29, 0.717) is 0 Å². The molecule has 0 bridgehead atoms. The van der Waals surface area contributed by atoms with Gasteiger partial charge < -0.3 is 0 Å². The van der Waals surface area contributed by atoms with Gasteiger partial charge in [-0.15, -0.1) is 0 Å². The van der Waals surface area contributed by atoms with Crippen LogP contribution in [0.3, 0.4) is 0 Å². The number of rotatable bonds is 2. The third-order valence-electron chi connectivity index (χ3n) is 2.12. The Bertz CT molecular complexity index is 632. The van der Waals surface area contributed by atoms with Gasteiger partial charge in [0.2, 0.25) is 0 Å². The van der Waals surface area contributed by atoms with Crippen molar-refractivity contribution < 1.29 is 9.85 Å². The van der Waals surface area contributed by atoms with Crippen LogP contribution in [0.15, 0.2) is 12.4 Å². The molecule has 8 nitrogen and oxygen atoms in total. The van der Waals surface area contributed by atoms with Crippen molar-refractivity contribution in [2.24, 2.45) is 0 Å². The SMILES string of the molecule is O=[N+]([O-])c1c(Cl)c(Cl)c([N+](=O)[O-])c2nccnc12. The Hall–Kier alpha value is -2.06. The predicted octanol–water partition coefficient (Wildman–Crippen LogP) is 2.75. The minimum absolute atomic E-state index is 0.274. The summed E-state index contributed by atoms with van der Waals surface area (Å²) in [4.78, 5) is 27.6. The van der Waals surface area contributed by atoms with Crippen molar-refractivity contribution in [3.05, 3.63) is 42.7 Å². The maximum absolute atomic E-state index is 10.9. The number of benzene rings is 1. The smallest absolute Gasteiger partial charge is 0.258 e. The van der Waals surface area contributed by atoms with Gasteiger partial charge in [-0.3, -0.25) is 20.2 Å². The normalized spacial score (nSPS) is 10.6. The Morgan fingerprint density at radius 2 is 1.22 bits per heavy atom. The Labute approximate surface area is 108 Å². The molecular formula is C8H2Cl2N4O4. The highest BCUT2D eigenvalue weighted by Crippen LogP contribution is 2.44. The number of nitro groups is 2. The summed E-state index contributed by atoms with van der Waals surface area (Å²) in [6.07, 6.45) is 2.34. The third-order valence-corrected chi connectivity index (χ3v) is 2.95. The summed E-state index contributed by atoms with van der Waals surface area (Å²) in [6, 6.07) is 0. The largest absolute Gasteiger partial charge is 0.317 e. The number of fused-ring (bicyclic) bond motifs is 1. The van der Waals surface area contributed by atoms with Gasteiger partial charge in [0.25, 0.3) is 0 Å². The van der Waals surface area contributed by atoms with Crippen molar-refractivity contribution >= 4 is 45.6 Å². The molecule has 0 saturated heterocycles. The average Bonchev–Trinajstić information content (AvgIpc) is 2.29. The highest BCUT2D eigenvalue weighted by atomic mass is 35.5. The van der Waals surface area contributed by atoms with Crippen molar-refractivity contribution in [1.29, 1.82) is 0 Å². The van der Waals surface area contributed by atoms with Crippen LogP contribution in [0, 0.1) is 20.2 Å². The van der Waals surface area contributed by atoms with E-state index in [2.05, 4.69) is 9.97 Å². The fourth-order valence-corrected chi connectivity index (χ4v) is 1.93. The summed E-state index contributed by atoms with van der Waals surface area (Å²) in [6.45, 7) is 0. The second-order valence-corrected chi connectivity index (χ2v) is 3.85. The summed E-state index contributed by atoms with van der Waals surface area (Å²) in [5.74, 6) is 0. The molecule has 0 aliphatic rings. The lowest BCUT2D eigenvalue weighted by molar-refractivity contribution is -0.386. The first-order valence-corrected chi connectivity index (χ1v) is 5.11. The zero-order valence-corrected chi connectivity index (χ0v) is 9.84. The fourth-order valence-electron chi connectivity index (χ4n) is 1.43. The minimum Gasteiger partial charge on any atom is -0.258 e. The quantitative estimate of drug-likeness (QED) is 0.620. The molecule has 0 unspecified atom stereocenters. The Morgan fingerprint density at radius 1 is 0.889 bits per heavy atom. The van der Waals surface area contributed by atoms with Crippen LogP contribution < -0.4 is 0 Å². The first kappa shape index (κ1) is 12.4. The van der Waals surface area contributed by atoms with Gasteiger partial charge in [-0.2, -0.15) is 0 Å². The molecule has 0 N–H and O–H groups in total. The van der Waals surface area contributed by atoms with Gasteiger partial charge in [0, 0.05) is 12.4 Å². The van der Waals surface area contributed by atoms with Gasteiger partial charge in [-0.05, 0) is 0 Å². The summed E-state index contributed by atoms with van der Waals surface area (Å²) in [5, 5.41) is 20.7. The Balaban J connectivity index is 3.07. The van der Waals surface area contributed by atoms with Crippen molar-refractivity contribution in [2.45, 2.75) is 0 Å². The summed E-state index contributed by atoms with van der Waals surface area (Å²) < 4.78 is 0. The standard InChI is InChI=1S/C8H2Cl2N4O4/c9-3-4(10)8(14(17)18)6-5(7(3)13(15)16)11-1-2-12-6/h1-2H. The van der Waals surface area contributed by atoms with Crippen LogP contribution in [0.25, 0.3) is 11.0 Å². The molecule has 1 aromatic heterocycles. The van der Waals surface area contributed by atoms with E-state index in [0.717, 1.165) is 0 Å². The van der Waals surface area contributed by atoms with Gasteiger partial charge in [0.1, 0.15) is 10.0 Å². The maximum Gasteiger partial charge on any atom is 0.317 e. The highest BCUT2D eigenvalue weighted by molar-refractivity contribution is 6.46. The molecule has 0 spiro atoms. The van der Waals surface area contributed by atoms with Gasteiger partial charge in [-0.25, -0.2) is 9.97 Å². The molecule has 1 aromatic carbocycles. The molecule has 10 heteroatoms. The zero-order valence-electron chi connectivity index (χ0n) is 8.33. The topological polar surface area (TPSA) is 112 Å². The molecule has 0 atom stereocenters. The molecule has 0 aliphatic heterocycles. The van der Waals surface area contributed by atoms with Crippen molar-refractivity contribution in [3.63, 3.8) is 0 Å².